The van der Waals surface area contributed by atoms with Gasteiger partial charge in [-0.25, -0.2) is 0 Å². The number of halogens is 3. The first-order valence-electron chi connectivity index (χ1n) is 4.53. The lowest BCUT2D eigenvalue weighted by molar-refractivity contribution is 0.582. The molecule has 0 aliphatic rings. The molecule has 0 aliphatic carbocycles. The summed E-state index contributed by atoms with van der Waals surface area (Å²) >= 11 is 17.2. The van der Waals surface area contributed by atoms with Crippen LogP contribution in [0.1, 0.15) is 5.56 Å². The molecule has 0 bridgehead atoms. The second-order valence-electron chi connectivity index (χ2n) is 3.13. The smallest absolute Gasteiger partial charge is 0.133 e. The molecular weight excluding hydrogens is 266 g/mol. The van der Waals surface area contributed by atoms with Crippen LogP contribution in [0.3, 0.4) is 0 Å². The Hall–Kier alpha value is -0.890. The molecule has 0 saturated heterocycles. The highest BCUT2D eigenvalue weighted by molar-refractivity contribution is 6.66. The average Bonchev–Trinajstić information content (AvgIpc) is 2.81. The van der Waals surface area contributed by atoms with E-state index >= 15 is 0 Å². The molecule has 0 saturated carbocycles. The van der Waals surface area contributed by atoms with Crippen molar-refractivity contribution in [3.05, 3.63) is 52.7 Å². The van der Waals surface area contributed by atoms with Crippen LogP contribution >= 0.6 is 34.8 Å². The van der Waals surface area contributed by atoms with Gasteiger partial charge < -0.3 is 4.42 Å². The molecule has 2 rings (SSSR count). The lowest BCUT2D eigenvalue weighted by atomic mass is 10.1. The van der Waals surface area contributed by atoms with Crippen molar-refractivity contribution in [2.45, 2.75) is 0 Å². The SMILES string of the molecule is ClC(Cl)=C(Cl)c1cccc(-c2ccco2)c1. The highest BCUT2D eigenvalue weighted by atomic mass is 35.5. The van der Waals surface area contributed by atoms with Gasteiger partial charge in [0.2, 0.25) is 0 Å². The van der Waals surface area contributed by atoms with Gasteiger partial charge in [0.05, 0.1) is 11.3 Å². The van der Waals surface area contributed by atoms with E-state index in [-0.39, 0.29) is 4.49 Å². The van der Waals surface area contributed by atoms with E-state index in [4.69, 9.17) is 39.2 Å². The van der Waals surface area contributed by atoms with E-state index in [2.05, 4.69) is 0 Å². The minimum Gasteiger partial charge on any atom is -0.464 e. The van der Waals surface area contributed by atoms with Crippen molar-refractivity contribution in [1.82, 2.24) is 0 Å². The summed E-state index contributed by atoms with van der Waals surface area (Å²) in [6, 6.07) is 11.2. The molecule has 0 amide bonds. The lowest BCUT2D eigenvalue weighted by Gasteiger charge is -2.02. The van der Waals surface area contributed by atoms with Crippen LogP contribution in [0.4, 0.5) is 0 Å². The quantitative estimate of drug-likeness (QED) is 0.724. The van der Waals surface area contributed by atoms with E-state index in [9.17, 15) is 0 Å². The van der Waals surface area contributed by atoms with Gasteiger partial charge in [-0.15, -0.1) is 0 Å². The molecule has 0 aliphatic heterocycles. The number of hydrogen-bond donors (Lipinski definition) is 0. The standard InChI is InChI=1S/C12H7Cl3O/c13-11(12(14)15)9-4-1-3-8(7-9)10-5-2-6-16-10/h1-7H. The van der Waals surface area contributed by atoms with Crippen molar-refractivity contribution >= 4 is 39.8 Å². The summed E-state index contributed by atoms with van der Waals surface area (Å²) < 4.78 is 5.34. The molecule has 0 N–H and O–H groups in total. The Bertz CT molecular complexity index is 511. The number of furan rings is 1. The summed E-state index contributed by atoms with van der Waals surface area (Å²) in [6.07, 6.45) is 1.62. The average molecular weight is 274 g/mol. The van der Waals surface area contributed by atoms with Crippen molar-refractivity contribution in [1.29, 1.82) is 0 Å². The zero-order valence-electron chi connectivity index (χ0n) is 8.08. The summed E-state index contributed by atoms with van der Waals surface area (Å²) in [6.45, 7) is 0. The van der Waals surface area contributed by atoms with Gasteiger partial charge in [-0.1, -0.05) is 53.0 Å². The van der Waals surface area contributed by atoms with Crippen LogP contribution < -0.4 is 0 Å². The van der Waals surface area contributed by atoms with Crippen LogP contribution in [0, 0.1) is 0 Å². The molecular formula is C12H7Cl3O. The van der Waals surface area contributed by atoms with Gasteiger partial charge >= 0.3 is 0 Å². The van der Waals surface area contributed by atoms with Gasteiger partial charge in [-0.05, 0) is 23.8 Å². The highest BCUT2D eigenvalue weighted by Crippen LogP contribution is 2.30. The molecule has 0 atom stereocenters. The third-order valence-corrected chi connectivity index (χ3v) is 3.07. The van der Waals surface area contributed by atoms with Crippen molar-refractivity contribution in [2.24, 2.45) is 0 Å². The zero-order valence-corrected chi connectivity index (χ0v) is 10.4. The molecule has 0 unspecified atom stereocenters. The fourth-order valence-electron chi connectivity index (χ4n) is 1.36. The first kappa shape index (κ1) is 11.6. The summed E-state index contributed by atoms with van der Waals surface area (Å²) in [7, 11) is 0. The molecule has 1 aromatic carbocycles. The molecule has 2 aromatic rings. The second-order valence-corrected chi connectivity index (χ2v) is 4.46. The normalized spacial score (nSPS) is 10.2. The number of benzene rings is 1. The second kappa shape index (κ2) is 4.96. The third kappa shape index (κ3) is 2.43. The Morgan fingerprint density at radius 2 is 1.81 bits per heavy atom. The number of hydrogen-bond acceptors (Lipinski definition) is 1. The lowest BCUT2D eigenvalue weighted by Crippen LogP contribution is -1.80. The highest BCUT2D eigenvalue weighted by Gasteiger charge is 2.06. The van der Waals surface area contributed by atoms with E-state index in [1.54, 1.807) is 6.26 Å². The van der Waals surface area contributed by atoms with Crippen molar-refractivity contribution in [2.75, 3.05) is 0 Å². The topological polar surface area (TPSA) is 13.1 Å². The summed E-state index contributed by atoms with van der Waals surface area (Å²) in [5, 5.41) is 0.330. The summed E-state index contributed by atoms with van der Waals surface area (Å²) in [4.78, 5) is 0. The molecule has 0 radical (unpaired) electrons. The van der Waals surface area contributed by atoms with Gasteiger partial charge in [0, 0.05) is 5.56 Å². The summed E-state index contributed by atoms with van der Waals surface area (Å²) in [5.41, 5.74) is 1.69. The third-order valence-electron chi connectivity index (χ3n) is 2.09. The van der Waals surface area contributed by atoms with Gasteiger partial charge in [-0.3, -0.25) is 0 Å². The Morgan fingerprint density at radius 1 is 1.00 bits per heavy atom. The van der Waals surface area contributed by atoms with Crippen molar-refractivity contribution in [3.63, 3.8) is 0 Å². The molecule has 1 heterocycles. The molecule has 1 aromatic heterocycles. The van der Waals surface area contributed by atoms with Gasteiger partial charge in [0.1, 0.15) is 10.3 Å². The van der Waals surface area contributed by atoms with Gasteiger partial charge in [0.15, 0.2) is 0 Å². The van der Waals surface area contributed by atoms with Crippen LogP contribution in [-0.4, -0.2) is 0 Å². The zero-order chi connectivity index (χ0) is 11.5. The monoisotopic (exact) mass is 272 g/mol. The van der Waals surface area contributed by atoms with E-state index in [0.29, 0.717) is 5.03 Å². The van der Waals surface area contributed by atoms with Gasteiger partial charge in [0.25, 0.3) is 0 Å². The molecule has 0 fully saturated rings. The maximum Gasteiger partial charge on any atom is 0.133 e. The van der Waals surface area contributed by atoms with Crippen LogP contribution in [0.15, 0.2) is 51.6 Å². The number of rotatable bonds is 2. The molecule has 4 heteroatoms. The van der Waals surface area contributed by atoms with Crippen LogP contribution in [0.5, 0.6) is 0 Å². The van der Waals surface area contributed by atoms with E-state index in [1.165, 1.54) is 0 Å². The molecule has 0 spiro atoms. The van der Waals surface area contributed by atoms with E-state index in [0.717, 1.165) is 16.9 Å². The Balaban J connectivity index is 2.46. The van der Waals surface area contributed by atoms with Crippen LogP contribution in [0.25, 0.3) is 16.4 Å². The minimum absolute atomic E-state index is 0.0539. The maximum absolute atomic E-state index is 5.96. The fourth-order valence-corrected chi connectivity index (χ4v) is 1.70. The molecule has 16 heavy (non-hydrogen) atoms. The van der Waals surface area contributed by atoms with E-state index < -0.39 is 0 Å². The van der Waals surface area contributed by atoms with Crippen molar-refractivity contribution in [3.8, 4) is 11.3 Å². The molecule has 82 valence electrons. The van der Waals surface area contributed by atoms with Crippen LogP contribution in [0.2, 0.25) is 0 Å². The maximum atomic E-state index is 5.96. The fraction of sp³-hybridized carbons (Fsp3) is 0. The van der Waals surface area contributed by atoms with Gasteiger partial charge in [-0.2, -0.15) is 0 Å². The largest absolute Gasteiger partial charge is 0.464 e. The summed E-state index contributed by atoms with van der Waals surface area (Å²) in [5.74, 6) is 0.775. The predicted octanol–water partition coefficient (Wildman–Crippen LogP) is 5.29. The Labute approximate surface area is 108 Å². The predicted molar refractivity (Wildman–Crippen MR) is 68.6 cm³/mol. The van der Waals surface area contributed by atoms with E-state index in [1.807, 2.05) is 36.4 Å². The minimum atomic E-state index is 0.0539. The first-order valence-corrected chi connectivity index (χ1v) is 5.67. The Morgan fingerprint density at radius 3 is 2.44 bits per heavy atom. The first-order chi connectivity index (χ1) is 7.68. The Kier molecular flexibility index (Phi) is 3.59. The van der Waals surface area contributed by atoms with Crippen molar-refractivity contribution < 1.29 is 4.42 Å². The molecule has 1 nitrogen and oxygen atoms in total. The van der Waals surface area contributed by atoms with Crippen LogP contribution in [-0.2, 0) is 0 Å².